The van der Waals surface area contributed by atoms with Crippen LogP contribution >= 0.6 is 0 Å². The van der Waals surface area contributed by atoms with Crippen molar-refractivity contribution in [1.82, 2.24) is 0 Å². The average molecular weight is 338 g/mol. The zero-order valence-corrected chi connectivity index (χ0v) is 15.5. The van der Waals surface area contributed by atoms with Crippen LogP contribution in [0.15, 0.2) is 11.1 Å². The second-order valence-corrected chi connectivity index (χ2v) is 6.57. The molecule has 0 unspecified atom stereocenters. The molecule has 0 atom stereocenters. The first kappa shape index (κ1) is 22.7. The van der Waals surface area contributed by atoms with E-state index >= 15 is 0 Å². The molecule has 0 spiro atoms. The Bertz CT molecular complexity index is 385. The third-order valence-electron chi connectivity index (χ3n) is 4.42. The SMILES string of the molecule is CCCCCCCCCC/C(C(=O)[O-])=C(\CCCCCC)C(=O)[O-]. The van der Waals surface area contributed by atoms with Gasteiger partial charge < -0.3 is 19.8 Å². The van der Waals surface area contributed by atoms with E-state index in [1.54, 1.807) is 0 Å². The van der Waals surface area contributed by atoms with Crippen LogP contribution in [-0.4, -0.2) is 11.9 Å². The van der Waals surface area contributed by atoms with Crippen molar-refractivity contribution in [3.05, 3.63) is 11.1 Å². The van der Waals surface area contributed by atoms with Crippen molar-refractivity contribution in [1.29, 1.82) is 0 Å². The summed E-state index contributed by atoms with van der Waals surface area (Å²) in [7, 11) is 0. The van der Waals surface area contributed by atoms with E-state index in [2.05, 4.69) is 13.8 Å². The van der Waals surface area contributed by atoms with Crippen LogP contribution < -0.4 is 10.2 Å². The molecule has 4 nitrogen and oxygen atoms in total. The highest BCUT2D eigenvalue weighted by Gasteiger charge is 2.09. The summed E-state index contributed by atoms with van der Waals surface area (Å²) in [5.74, 6) is -2.71. The number of carbonyl (C=O) groups excluding carboxylic acids is 2. The zero-order valence-electron chi connectivity index (χ0n) is 15.5. The monoisotopic (exact) mass is 338 g/mol. The first-order valence-corrected chi connectivity index (χ1v) is 9.69. The molecule has 0 aliphatic rings. The van der Waals surface area contributed by atoms with Gasteiger partial charge in [0.05, 0.1) is 11.9 Å². The Balaban J connectivity index is 4.34. The Hall–Kier alpha value is -1.32. The first-order valence-electron chi connectivity index (χ1n) is 9.69. The second kappa shape index (κ2) is 15.2. The van der Waals surface area contributed by atoms with Gasteiger partial charge in [0.25, 0.3) is 0 Å². The van der Waals surface area contributed by atoms with Crippen molar-refractivity contribution in [2.75, 3.05) is 0 Å². The third-order valence-corrected chi connectivity index (χ3v) is 4.42. The van der Waals surface area contributed by atoms with E-state index in [9.17, 15) is 19.8 Å². The molecule has 0 amide bonds. The minimum absolute atomic E-state index is 0.0579. The normalized spacial score (nSPS) is 12.1. The lowest BCUT2D eigenvalue weighted by molar-refractivity contribution is -0.304. The number of unbranched alkanes of at least 4 members (excludes halogenated alkanes) is 10. The zero-order chi connectivity index (χ0) is 18.2. The molecule has 0 saturated heterocycles. The van der Waals surface area contributed by atoms with Crippen molar-refractivity contribution >= 4 is 11.9 Å². The lowest BCUT2D eigenvalue weighted by atomic mass is 9.96. The Morgan fingerprint density at radius 2 is 0.833 bits per heavy atom. The maximum Gasteiger partial charge on any atom is 0.0678 e. The summed E-state index contributed by atoms with van der Waals surface area (Å²) in [6, 6.07) is 0. The molecule has 4 heteroatoms. The van der Waals surface area contributed by atoms with E-state index < -0.39 is 11.9 Å². The van der Waals surface area contributed by atoms with Gasteiger partial charge in [0.15, 0.2) is 0 Å². The van der Waals surface area contributed by atoms with Gasteiger partial charge in [-0.25, -0.2) is 0 Å². The Kier molecular flexibility index (Phi) is 14.4. The quantitative estimate of drug-likeness (QED) is 0.319. The van der Waals surface area contributed by atoms with E-state index in [0.717, 1.165) is 38.5 Å². The van der Waals surface area contributed by atoms with Crippen molar-refractivity contribution < 1.29 is 19.8 Å². The number of hydrogen-bond donors (Lipinski definition) is 0. The van der Waals surface area contributed by atoms with Gasteiger partial charge in [-0.3, -0.25) is 0 Å². The number of hydrogen-bond acceptors (Lipinski definition) is 4. The molecule has 0 N–H and O–H groups in total. The summed E-state index contributed by atoms with van der Waals surface area (Å²) < 4.78 is 0. The number of carbonyl (C=O) groups is 2. The van der Waals surface area contributed by atoms with Crippen LogP contribution in [-0.2, 0) is 9.59 Å². The average Bonchev–Trinajstić information content (AvgIpc) is 2.54. The molecule has 0 aliphatic carbocycles. The van der Waals surface area contributed by atoms with Crippen molar-refractivity contribution in [2.24, 2.45) is 0 Å². The molecule has 0 aromatic rings. The Morgan fingerprint density at radius 1 is 0.542 bits per heavy atom. The molecule has 0 aliphatic heterocycles. The molecule has 0 fully saturated rings. The minimum Gasteiger partial charge on any atom is -0.545 e. The van der Waals surface area contributed by atoms with Gasteiger partial charge in [-0.15, -0.1) is 0 Å². The van der Waals surface area contributed by atoms with Crippen LogP contribution in [0.5, 0.6) is 0 Å². The van der Waals surface area contributed by atoms with Gasteiger partial charge in [0.1, 0.15) is 0 Å². The fourth-order valence-corrected chi connectivity index (χ4v) is 2.92. The van der Waals surface area contributed by atoms with E-state index in [4.69, 9.17) is 0 Å². The van der Waals surface area contributed by atoms with Gasteiger partial charge in [0, 0.05) is 0 Å². The summed E-state index contributed by atoms with van der Waals surface area (Å²) in [5, 5.41) is 22.6. The van der Waals surface area contributed by atoms with E-state index in [0.29, 0.717) is 12.8 Å². The lowest BCUT2D eigenvalue weighted by Crippen LogP contribution is -2.32. The van der Waals surface area contributed by atoms with Gasteiger partial charge in [-0.1, -0.05) is 78.1 Å². The largest absolute Gasteiger partial charge is 0.545 e. The van der Waals surface area contributed by atoms with Gasteiger partial charge in [-0.2, -0.15) is 0 Å². The first-order chi connectivity index (χ1) is 11.5. The summed E-state index contributed by atoms with van der Waals surface area (Å²) >= 11 is 0. The standard InChI is InChI=1S/C20H36O4/c1-3-5-7-9-10-11-12-14-16-18(20(23)24)17(19(21)22)15-13-8-6-4-2/h3-16H2,1-2H3,(H,21,22)(H,23,24)/p-2/b18-17-. The Labute approximate surface area is 147 Å². The molecule has 0 aromatic heterocycles. The fourth-order valence-electron chi connectivity index (χ4n) is 2.92. The highest BCUT2D eigenvalue weighted by Crippen LogP contribution is 2.19. The van der Waals surface area contributed by atoms with Crippen LogP contribution in [0, 0.1) is 0 Å². The van der Waals surface area contributed by atoms with Gasteiger partial charge in [0.2, 0.25) is 0 Å². The number of carboxylic acids is 2. The molecule has 0 rings (SSSR count). The molecular weight excluding hydrogens is 304 g/mol. The molecule has 0 saturated carbocycles. The minimum atomic E-state index is -1.36. The van der Waals surface area contributed by atoms with E-state index in [1.165, 1.54) is 25.7 Å². The van der Waals surface area contributed by atoms with Crippen LogP contribution in [0.25, 0.3) is 0 Å². The molecule has 24 heavy (non-hydrogen) atoms. The molecule has 140 valence electrons. The third kappa shape index (κ3) is 11.3. The van der Waals surface area contributed by atoms with Crippen molar-refractivity contribution in [3.8, 4) is 0 Å². The molecule has 0 aromatic carbocycles. The number of aliphatic carboxylic acids is 2. The highest BCUT2D eigenvalue weighted by molar-refractivity contribution is 5.97. The molecule has 0 bridgehead atoms. The molecular formula is C20H34O4-2. The van der Waals surface area contributed by atoms with Gasteiger partial charge in [-0.05, 0) is 36.8 Å². The summed E-state index contributed by atoms with van der Waals surface area (Å²) in [4.78, 5) is 22.6. The van der Waals surface area contributed by atoms with Crippen LogP contribution in [0.2, 0.25) is 0 Å². The highest BCUT2D eigenvalue weighted by atomic mass is 16.4. The van der Waals surface area contributed by atoms with Crippen LogP contribution in [0.1, 0.15) is 104 Å². The van der Waals surface area contributed by atoms with Gasteiger partial charge >= 0.3 is 0 Å². The topological polar surface area (TPSA) is 80.3 Å². The Morgan fingerprint density at radius 3 is 1.17 bits per heavy atom. The smallest absolute Gasteiger partial charge is 0.0678 e. The summed E-state index contributed by atoms with van der Waals surface area (Å²) in [5.41, 5.74) is -0.119. The number of rotatable bonds is 16. The molecule has 0 radical (unpaired) electrons. The predicted molar refractivity (Wildman–Crippen MR) is 93.0 cm³/mol. The second-order valence-electron chi connectivity index (χ2n) is 6.57. The number of carboxylic acid groups (broad SMARTS) is 2. The van der Waals surface area contributed by atoms with E-state index in [-0.39, 0.29) is 24.0 Å². The maximum atomic E-state index is 11.3. The van der Waals surface area contributed by atoms with Crippen LogP contribution in [0.3, 0.4) is 0 Å². The van der Waals surface area contributed by atoms with Crippen LogP contribution in [0.4, 0.5) is 0 Å². The fraction of sp³-hybridized carbons (Fsp3) is 0.800. The summed E-state index contributed by atoms with van der Waals surface area (Å²) in [6.07, 6.45) is 13.0. The van der Waals surface area contributed by atoms with E-state index in [1.807, 2.05) is 0 Å². The lowest BCUT2D eigenvalue weighted by Gasteiger charge is -2.17. The summed E-state index contributed by atoms with van der Waals surface area (Å²) in [6.45, 7) is 4.26. The van der Waals surface area contributed by atoms with Crippen molar-refractivity contribution in [3.63, 3.8) is 0 Å². The predicted octanol–water partition coefficient (Wildman–Crippen LogP) is 3.28. The van der Waals surface area contributed by atoms with Crippen molar-refractivity contribution in [2.45, 2.75) is 104 Å². The molecule has 0 heterocycles. The maximum absolute atomic E-state index is 11.3.